The Morgan fingerprint density at radius 1 is 1.35 bits per heavy atom. The molecular weight excluding hydrogens is 346 g/mol. The standard InChI is InChI=1S/C20H25N3O2S/c1-3-23(4-2)20(25)18-11-16-10-15(7-8-17(16)26-18)19(24)22-13-14-6-5-9-21-12-14/h5-6,9,11-12,15H,3-4,7-8,10,13H2,1-2H3,(H,22,24). The lowest BCUT2D eigenvalue weighted by Crippen LogP contribution is -2.33. The first-order chi connectivity index (χ1) is 12.6. The van der Waals surface area contributed by atoms with E-state index in [1.807, 2.05) is 36.9 Å². The number of hydrogen-bond acceptors (Lipinski definition) is 4. The Hall–Kier alpha value is -2.21. The van der Waals surface area contributed by atoms with Crippen molar-refractivity contribution in [1.29, 1.82) is 0 Å². The summed E-state index contributed by atoms with van der Waals surface area (Å²) < 4.78 is 0. The summed E-state index contributed by atoms with van der Waals surface area (Å²) in [6.45, 7) is 5.94. The summed E-state index contributed by atoms with van der Waals surface area (Å²) in [4.78, 5) is 33.0. The summed E-state index contributed by atoms with van der Waals surface area (Å²) >= 11 is 1.60. The van der Waals surface area contributed by atoms with E-state index in [4.69, 9.17) is 0 Å². The van der Waals surface area contributed by atoms with Crippen LogP contribution in [0.5, 0.6) is 0 Å². The van der Waals surface area contributed by atoms with Gasteiger partial charge in [0.15, 0.2) is 0 Å². The number of nitrogens with zero attached hydrogens (tertiary/aromatic N) is 2. The molecule has 1 N–H and O–H groups in total. The summed E-state index contributed by atoms with van der Waals surface area (Å²) in [6, 6.07) is 5.83. The summed E-state index contributed by atoms with van der Waals surface area (Å²) in [5.74, 6) is 0.166. The third kappa shape index (κ3) is 4.12. The molecule has 2 heterocycles. The molecule has 1 aliphatic carbocycles. The van der Waals surface area contributed by atoms with Crippen molar-refractivity contribution >= 4 is 23.2 Å². The number of pyridine rings is 1. The zero-order valence-electron chi connectivity index (χ0n) is 15.3. The maximum atomic E-state index is 12.6. The second-order valence-electron chi connectivity index (χ2n) is 6.56. The van der Waals surface area contributed by atoms with E-state index in [2.05, 4.69) is 10.3 Å². The normalized spacial score (nSPS) is 16.0. The van der Waals surface area contributed by atoms with Gasteiger partial charge >= 0.3 is 0 Å². The Morgan fingerprint density at radius 2 is 2.15 bits per heavy atom. The van der Waals surface area contributed by atoms with E-state index in [-0.39, 0.29) is 17.7 Å². The number of amides is 2. The van der Waals surface area contributed by atoms with Crippen LogP contribution in [0.3, 0.4) is 0 Å². The smallest absolute Gasteiger partial charge is 0.263 e. The van der Waals surface area contributed by atoms with Crippen molar-refractivity contribution < 1.29 is 9.59 Å². The third-order valence-electron chi connectivity index (χ3n) is 4.90. The zero-order valence-corrected chi connectivity index (χ0v) is 16.1. The second-order valence-corrected chi connectivity index (χ2v) is 7.69. The number of carbonyl (C=O) groups is 2. The summed E-state index contributed by atoms with van der Waals surface area (Å²) in [5.41, 5.74) is 2.17. The number of aryl methyl sites for hydroxylation is 1. The van der Waals surface area contributed by atoms with Gasteiger partial charge in [-0.1, -0.05) is 6.07 Å². The summed E-state index contributed by atoms with van der Waals surface area (Å²) in [7, 11) is 0. The van der Waals surface area contributed by atoms with Crippen molar-refractivity contribution in [1.82, 2.24) is 15.2 Å². The highest BCUT2D eigenvalue weighted by Crippen LogP contribution is 2.33. The Kier molecular flexibility index (Phi) is 6.04. The van der Waals surface area contributed by atoms with Crippen LogP contribution in [0, 0.1) is 5.92 Å². The number of thiophene rings is 1. The van der Waals surface area contributed by atoms with Gasteiger partial charge in [0.05, 0.1) is 4.88 Å². The Bertz CT molecular complexity index is 769. The summed E-state index contributed by atoms with van der Waals surface area (Å²) in [5, 5.41) is 3.01. The van der Waals surface area contributed by atoms with E-state index in [9.17, 15) is 9.59 Å². The zero-order chi connectivity index (χ0) is 18.5. The van der Waals surface area contributed by atoms with Crippen LogP contribution < -0.4 is 5.32 Å². The molecule has 0 aromatic carbocycles. The molecule has 5 nitrogen and oxygen atoms in total. The van der Waals surface area contributed by atoms with Gasteiger partial charge in [-0.2, -0.15) is 0 Å². The van der Waals surface area contributed by atoms with Crippen molar-refractivity contribution in [3.8, 4) is 0 Å². The van der Waals surface area contributed by atoms with Crippen LogP contribution in [0.1, 0.15) is 45.9 Å². The van der Waals surface area contributed by atoms with Gasteiger partial charge in [-0.05, 0) is 56.4 Å². The maximum absolute atomic E-state index is 12.6. The first kappa shape index (κ1) is 18.6. The number of hydrogen-bond donors (Lipinski definition) is 1. The van der Waals surface area contributed by atoms with Crippen molar-refractivity contribution in [2.45, 2.75) is 39.7 Å². The quantitative estimate of drug-likeness (QED) is 0.849. The largest absolute Gasteiger partial charge is 0.352 e. The lowest BCUT2D eigenvalue weighted by atomic mass is 9.87. The molecule has 1 aliphatic rings. The van der Waals surface area contributed by atoms with Gasteiger partial charge < -0.3 is 10.2 Å². The number of rotatable bonds is 6. The van der Waals surface area contributed by atoms with Crippen LogP contribution in [-0.4, -0.2) is 34.8 Å². The van der Waals surface area contributed by atoms with Crippen LogP contribution in [0.4, 0.5) is 0 Å². The molecule has 2 aromatic rings. The van der Waals surface area contributed by atoms with Gasteiger partial charge in [-0.3, -0.25) is 14.6 Å². The average Bonchev–Trinajstić information content (AvgIpc) is 3.11. The Balaban J connectivity index is 1.62. The van der Waals surface area contributed by atoms with Gasteiger partial charge in [0.1, 0.15) is 0 Å². The molecule has 26 heavy (non-hydrogen) atoms. The van der Waals surface area contributed by atoms with Crippen LogP contribution >= 0.6 is 11.3 Å². The molecule has 3 rings (SSSR count). The molecule has 138 valence electrons. The Labute approximate surface area is 158 Å². The molecular formula is C20H25N3O2S. The summed E-state index contributed by atoms with van der Waals surface area (Å²) in [6.07, 6.45) is 5.92. The molecule has 6 heteroatoms. The van der Waals surface area contributed by atoms with Crippen molar-refractivity contribution in [3.63, 3.8) is 0 Å². The molecule has 0 radical (unpaired) electrons. The minimum atomic E-state index is -0.0230. The monoisotopic (exact) mass is 371 g/mol. The molecule has 0 bridgehead atoms. The molecule has 0 fully saturated rings. The lowest BCUT2D eigenvalue weighted by molar-refractivity contribution is -0.125. The molecule has 2 aromatic heterocycles. The fourth-order valence-electron chi connectivity index (χ4n) is 3.36. The van der Waals surface area contributed by atoms with Gasteiger partial charge in [-0.25, -0.2) is 0 Å². The first-order valence-electron chi connectivity index (χ1n) is 9.19. The van der Waals surface area contributed by atoms with E-state index in [1.165, 1.54) is 10.4 Å². The number of nitrogens with one attached hydrogen (secondary N) is 1. The predicted molar refractivity (Wildman–Crippen MR) is 103 cm³/mol. The third-order valence-corrected chi connectivity index (χ3v) is 6.13. The molecule has 1 atom stereocenters. The minimum absolute atomic E-state index is 0.0230. The predicted octanol–water partition coefficient (Wildman–Crippen LogP) is 3.05. The van der Waals surface area contributed by atoms with Crippen LogP contribution in [0.25, 0.3) is 0 Å². The van der Waals surface area contributed by atoms with Crippen molar-refractivity contribution in [2.75, 3.05) is 13.1 Å². The number of carbonyl (C=O) groups excluding carboxylic acids is 2. The highest BCUT2D eigenvalue weighted by molar-refractivity contribution is 7.14. The highest BCUT2D eigenvalue weighted by atomic mass is 32.1. The average molecular weight is 372 g/mol. The molecule has 0 saturated heterocycles. The molecule has 1 unspecified atom stereocenters. The first-order valence-corrected chi connectivity index (χ1v) is 10.0. The number of aromatic nitrogens is 1. The molecule has 0 saturated carbocycles. The number of fused-ring (bicyclic) bond motifs is 1. The van der Waals surface area contributed by atoms with E-state index in [1.54, 1.807) is 23.7 Å². The minimum Gasteiger partial charge on any atom is -0.352 e. The van der Waals surface area contributed by atoms with Gasteiger partial charge in [-0.15, -0.1) is 11.3 Å². The highest BCUT2D eigenvalue weighted by Gasteiger charge is 2.28. The lowest BCUT2D eigenvalue weighted by Gasteiger charge is -2.21. The van der Waals surface area contributed by atoms with Crippen molar-refractivity contribution in [2.24, 2.45) is 5.92 Å². The fraction of sp³-hybridized carbons (Fsp3) is 0.450. The van der Waals surface area contributed by atoms with Crippen LogP contribution in [0.2, 0.25) is 0 Å². The maximum Gasteiger partial charge on any atom is 0.263 e. The molecule has 0 spiro atoms. The van der Waals surface area contributed by atoms with E-state index >= 15 is 0 Å². The van der Waals surface area contributed by atoms with Gasteiger partial charge in [0.2, 0.25) is 5.91 Å². The van der Waals surface area contributed by atoms with E-state index < -0.39 is 0 Å². The SMILES string of the molecule is CCN(CC)C(=O)c1cc2c(s1)CCC(C(=O)NCc1cccnc1)C2. The second kappa shape index (κ2) is 8.45. The van der Waals surface area contributed by atoms with E-state index in [0.29, 0.717) is 6.54 Å². The molecule has 2 amide bonds. The van der Waals surface area contributed by atoms with Gasteiger partial charge in [0.25, 0.3) is 5.91 Å². The molecule has 0 aliphatic heterocycles. The van der Waals surface area contributed by atoms with Crippen LogP contribution in [-0.2, 0) is 24.2 Å². The van der Waals surface area contributed by atoms with Crippen molar-refractivity contribution in [3.05, 3.63) is 51.5 Å². The Morgan fingerprint density at radius 3 is 2.85 bits per heavy atom. The fourth-order valence-corrected chi connectivity index (χ4v) is 4.53. The van der Waals surface area contributed by atoms with Gasteiger partial charge in [0, 0.05) is 42.8 Å². The van der Waals surface area contributed by atoms with Crippen LogP contribution in [0.15, 0.2) is 30.6 Å². The van der Waals surface area contributed by atoms with E-state index in [0.717, 1.165) is 42.8 Å². The topological polar surface area (TPSA) is 62.3 Å².